The summed E-state index contributed by atoms with van der Waals surface area (Å²) in [5.41, 5.74) is 5.75. The van der Waals surface area contributed by atoms with Gasteiger partial charge in [0, 0.05) is 23.6 Å². The average Bonchev–Trinajstić information content (AvgIpc) is 3.51. The molecule has 6 nitrogen and oxygen atoms in total. The molecule has 0 saturated heterocycles. The van der Waals surface area contributed by atoms with Gasteiger partial charge in [-0.05, 0) is 57.6 Å². The molecule has 2 heterocycles. The Morgan fingerprint density at radius 2 is 1.49 bits per heavy atom. The van der Waals surface area contributed by atoms with Crippen LogP contribution in [0.1, 0.15) is 146 Å². The van der Waals surface area contributed by atoms with Crippen LogP contribution in [0.4, 0.5) is 0 Å². The van der Waals surface area contributed by atoms with E-state index in [9.17, 15) is 4.79 Å². The van der Waals surface area contributed by atoms with Crippen molar-refractivity contribution in [2.24, 2.45) is 0 Å². The molecule has 0 N–H and O–H groups in total. The maximum Gasteiger partial charge on any atom is 0.308 e. The second-order valence-electron chi connectivity index (χ2n) is 13.5. The number of hydrogen-bond acceptors (Lipinski definition) is 5. The predicted octanol–water partition coefficient (Wildman–Crippen LogP) is 10.5. The van der Waals surface area contributed by atoms with Crippen LogP contribution in [-0.2, 0) is 17.8 Å². The molecule has 1 aromatic heterocycles. The first-order valence-electron chi connectivity index (χ1n) is 17.8. The molecule has 0 radical (unpaired) electrons. The monoisotopic (exact) mass is 615 g/mol. The molecular weight excluding hydrogens is 558 g/mol. The van der Waals surface area contributed by atoms with Crippen molar-refractivity contribution in [1.82, 2.24) is 15.0 Å². The van der Waals surface area contributed by atoms with Gasteiger partial charge in [0.1, 0.15) is 22.8 Å². The van der Waals surface area contributed by atoms with Crippen LogP contribution in [0.3, 0.4) is 0 Å². The lowest BCUT2D eigenvalue weighted by atomic mass is 9.84. The second-order valence-corrected chi connectivity index (χ2v) is 13.5. The van der Waals surface area contributed by atoms with Crippen molar-refractivity contribution >= 4 is 5.97 Å². The van der Waals surface area contributed by atoms with Gasteiger partial charge in [0.15, 0.2) is 0 Å². The highest BCUT2D eigenvalue weighted by atomic mass is 16.5. The van der Waals surface area contributed by atoms with Crippen molar-refractivity contribution < 1.29 is 14.3 Å². The number of unbranched alkanes of at least 4 members (excludes halogenated alkanes) is 13. The third kappa shape index (κ3) is 10.2. The van der Waals surface area contributed by atoms with Gasteiger partial charge in [0.2, 0.25) is 0 Å². The molecule has 0 saturated carbocycles. The fourth-order valence-corrected chi connectivity index (χ4v) is 6.75. The molecule has 246 valence electrons. The Kier molecular flexibility index (Phi) is 13.5. The summed E-state index contributed by atoms with van der Waals surface area (Å²) in [6, 6.07) is 10.1. The van der Waals surface area contributed by atoms with E-state index in [0.717, 1.165) is 58.5 Å². The molecule has 3 aromatic rings. The van der Waals surface area contributed by atoms with Crippen molar-refractivity contribution in [3.8, 4) is 22.8 Å². The molecule has 1 aliphatic rings. The Balaban J connectivity index is 1.31. The fourth-order valence-electron chi connectivity index (χ4n) is 6.75. The molecule has 4 rings (SSSR count). The van der Waals surface area contributed by atoms with Gasteiger partial charge >= 0.3 is 5.97 Å². The lowest BCUT2D eigenvalue weighted by molar-refractivity contribution is -0.132. The summed E-state index contributed by atoms with van der Waals surface area (Å²) in [6.45, 7) is 10.6. The summed E-state index contributed by atoms with van der Waals surface area (Å²) in [4.78, 5) is 12.2. The van der Waals surface area contributed by atoms with Gasteiger partial charge in [-0.3, -0.25) is 4.79 Å². The summed E-state index contributed by atoms with van der Waals surface area (Å²) in [7, 11) is 0. The summed E-state index contributed by atoms with van der Waals surface area (Å²) < 4.78 is 14.5. The molecule has 1 aliphatic heterocycles. The highest BCUT2D eigenvalue weighted by Gasteiger charge is 2.35. The minimum atomic E-state index is -0.318. The largest absolute Gasteiger partial charge is 0.487 e. The zero-order valence-corrected chi connectivity index (χ0v) is 28.8. The van der Waals surface area contributed by atoms with Crippen LogP contribution in [0.5, 0.6) is 11.5 Å². The van der Waals surface area contributed by atoms with E-state index >= 15 is 0 Å². The van der Waals surface area contributed by atoms with Crippen LogP contribution in [0.25, 0.3) is 11.3 Å². The van der Waals surface area contributed by atoms with Gasteiger partial charge in [0.05, 0.1) is 12.7 Å². The van der Waals surface area contributed by atoms with Crippen molar-refractivity contribution in [2.75, 3.05) is 0 Å². The number of hydrogen-bond donors (Lipinski definition) is 0. The average molecular weight is 616 g/mol. The van der Waals surface area contributed by atoms with Gasteiger partial charge in [-0.2, -0.15) is 0 Å². The van der Waals surface area contributed by atoms with Gasteiger partial charge in [-0.25, -0.2) is 4.68 Å². The maximum atomic E-state index is 12.2. The summed E-state index contributed by atoms with van der Waals surface area (Å²) in [5, 5.41) is 8.84. The molecule has 0 fully saturated rings. The van der Waals surface area contributed by atoms with Crippen LogP contribution < -0.4 is 9.47 Å². The van der Waals surface area contributed by atoms with Crippen LogP contribution in [-0.4, -0.2) is 26.6 Å². The standard InChI is InChI=1S/C39H57N3O3/c1-6-7-8-9-10-11-12-13-14-15-16-17-18-22-26-39(5)27-25-34-35(37(44-32(4)43)30(2)31(3)38(34)45-39)28-42-29-36(40-41-42)33-23-20-19-21-24-33/h19-21,23-24,29H,6-18,22,25-28H2,1-5H3. The summed E-state index contributed by atoms with van der Waals surface area (Å²) in [6.07, 6.45) is 24.0. The van der Waals surface area contributed by atoms with Gasteiger partial charge in [-0.1, -0.05) is 126 Å². The zero-order chi connectivity index (χ0) is 32.1. The van der Waals surface area contributed by atoms with Crippen LogP contribution in [0, 0.1) is 13.8 Å². The predicted molar refractivity (Wildman–Crippen MR) is 184 cm³/mol. The lowest BCUT2D eigenvalue weighted by Crippen LogP contribution is -2.37. The SMILES string of the molecule is CCCCCCCCCCCCCCCCC1(C)CCc2c(Cn3cc(-c4ccccc4)nn3)c(OC(C)=O)c(C)c(C)c2O1. The van der Waals surface area contributed by atoms with E-state index < -0.39 is 0 Å². The lowest BCUT2D eigenvalue weighted by Gasteiger charge is -2.38. The van der Waals surface area contributed by atoms with Gasteiger partial charge in [0.25, 0.3) is 0 Å². The molecule has 2 aromatic carbocycles. The smallest absolute Gasteiger partial charge is 0.308 e. The van der Waals surface area contributed by atoms with E-state index in [4.69, 9.17) is 9.47 Å². The molecule has 0 aliphatic carbocycles. The molecule has 0 bridgehead atoms. The minimum Gasteiger partial charge on any atom is -0.487 e. The Bertz CT molecular complexity index is 1350. The van der Waals surface area contributed by atoms with Crippen molar-refractivity contribution in [2.45, 2.75) is 156 Å². The number of ether oxygens (including phenoxy) is 2. The highest BCUT2D eigenvalue weighted by molar-refractivity contribution is 5.72. The first-order valence-corrected chi connectivity index (χ1v) is 17.8. The van der Waals surface area contributed by atoms with E-state index in [1.54, 1.807) is 0 Å². The number of carbonyl (C=O) groups is 1. The molecule has 0 spiro atoms. The number of carbonyl (C=O) groups excluding carboxylic acids is 1. The number of rotatable bonds is 19. The van der Waals surface area contributed by atoms with Crippen LogP contribution >= 0.6 is 0 Å². The van der Waals surface area contributed by atoms with Crippen molar-refractivity contribution in [3.05, 3.63) is 58.8 Å². The van der Waals surface area contributed by atoms with Gasteiger partial charge in [-0.15, -0.1) is 5.10 Å². The highest BCUT2D eigenvalue weighted by Crippen LogP contribution is 2.45. The van der Waals surface area contributed by atoms with E-state index in [-0.39, 0.29) is 11.6 Å². The minimum absolute atomic E-state index is 0.185. The summed E-state index contributed by atoms with van der Waals surface area (Å²) in [5.74, 6) is 1.28. The topological polar surface area (TPSA) is 66.2 Å². The Morgan fingerprint density at radius 1 is 0.889 bits per heavy atom. The fraction of sp³-hybridized carbons (Fsp3) is 0.615. The van der Waals surface area contributed by atoms with E-state index in [1.165, 1.54) is 96.8 Å². The van der Waals surface area contributed by atoms with E-state index in [0.29, 0.717) is 12.3 Å². The van der Waals surface area contributed by atoms with Crippen LogP contribution in [0.2, 0.25) is 0 Å². The van der Waals surface area contributed by atoms with Gasteiger partial charge < -0.3 is 9.47 Å². The molecule has 0 amide bonds. The zero-order valence-electron chi connectivity index (χ0n) is 28.8. The Morgan fingerprint density at radius 3 is 2.09 bits per heavy atom. The molecule has 6 heteroatoms. The quantitative estimate of drug-likeness (QED) is 0.0762. The number of benzene rings is 2. The molecular formula is C39H57N3O3. The number of nitrogens with zero attached hydrogens (tertiary/aromatic N) is 3. The molecule has 1 atom stereocenters. The van der Waals surface area contributed by atoms with E-state index in [1.807, 2.05) is 48.1 Å². The molecule has 45 heavy (non-hydrogen) atoms. The third-order valence-electron chi connectivity index (χ3n) is 9.64. The first kappa shape index (κ1) is 34.7. The first-order chi connectivity index (χ1) is 21.8. The number of aromatic nitrogens is 3. The van der Waals surface area contributed by atoms with Crippen LogP contribution in [0.15, 0.2) is 36.5 Å². The van der Waals surface area contributed by atoms with Crippen molar-refractivity contribution in [3.63, 3.8) is 0 Å². The Hall–Kier alpha value is -3.15. The third-order valence-corrected chi connectivity index (χ3v) is 9.64. The number of esters is 1. The maximum absolute atomic E-state index is 12.2. The normalized spacial score (nSPS) is 15.9. The van der Waals surface area contributed by atoms with Crippen molar-refractivity contribution in [1.29, 1.82) is 0 Å². The number of fused-ring (bicyclic) bond motifs is 1. The Labute approximate surface area is 272 Å². The van der Waals surface area contributed by atoms with E-state index in [2.05, 4.69) is 31.1 Å². The molecule has 1 unspecified atom stereocenters. The second kappa shape index (κ2) is 17.5. The summed E-state index contributed by atoms with van der Waals surface area (Å²) >= 11 is 0.